The van der Waals surface area contributed by atoms with Crippen molar-refractivity contribution < 1.29 is 0 Å². The minimum absolute atomic E-state index is 0.712. The van der Waals surface area contributed by atoms with Gasteiger partial charge >= 0.3 is 0 Å². The Morgan fingerprint density at radius 3 is 2.83 bits per heavy atom. The topological polar surface area (TPSA) is 22.3 Å². The summed E-state index contributed by atoms with van der Waals surface area (Å²) in [6.45, 7) is 11.0. The average Bonchev–Trinajstić information content (AvgIpc) is 3.29. The summed E-state index contributed by atoms with van der Waals surface area (Å²) in [6.07, 6.45) is 6.26. The maximum atomic E-state index is 3.29. The van der Waals surface area contributed by atoms with Crippen molar-refractivity contribution in [1.29, 1.82) is 0 Å². The summed E-state index contributed by atoms with van der Waals surface area (Å²) in [7, 11) is 0. The van der Waals surface area contributed by atoms with Crippen molar-refractivity contribution >= 4 is 10.9 Å². The van der Waals surface area contributed by atoms with Crippen LogP contribution >= 0.6 is 0 Å². The van der Waals surface area contributed by atoms with Gasteiger partial charge in [0.2, 0.25) is 0 Å². The number of rotatable bonds is 5. The number of hydrogen-bond acceptors (Lipinski definition) is 2. The highest BCUT2D eigenvalue weighted by Gasteiger charge is 2.32. The Labute approximate surface area is 146 Å². The third-order valence-electron chi connectivity index (χ3n) is 5.82. The third-order valence-corrected chi connectivity index (χ3v) is 5.82. The number of aromatic nitrogens is 1. The van der Waals surface area contributed by atoms with Crippen LogP contribution in [0.3, 0.4) is 0 Å². The molecule has 1 aromatic carbocycles. The van der Waals surface area contributed by atoms with E-state index in [4.69, 9.17) is 0 Å². The van der Waals surface area contributed by atoms with Crippen LogP contribution in [0.5, 0.6) is 0 Å². The molecule has 1 aliphatic carbocycles. The zero-order valence-electron chi connectivity index (χ0n) is 15.2. The molecule has 0 bridgehead atoms. The molecule has 1 atom stereocenters. The highest BCUT2D eigenvalue weighted by molar-refractivity contribution is 5.79. The summed E-state index contributed by atoms with van der Waals surface area (Å²) in [5.41, 5.74) is 2.69. The third kappa shape index (κ3) is 3.68. The Kier molecular flexibility index (Phi) is 4.64. The number of nitrogens with zero attached hydrogens (tertiary/aromatic N) is 2. The summed E-state index contributed by atoms with van der Waals surface area (Å²) in [5.74, 6) is 1.73. The van der Waals surface area contributed by atoms with Crippen molar-refractivity contribution in [2.24, 2.45) is 11.8 Å². The highest BCUT2D eigenvalue weighted by Crippen LogP contribution is 2.32. The first-order valence-corrected chi connectivity index (χ1v) is 9.71. The molecule has 24 heavy (non-hydrogen) atoms. The summed E-state index contributed by atoms with van der Waals surface area (Å²) >= 11 is 0. The molecule has 0 radical (unpaired) electrons. The predicted octanol–water partition coefficient (Wildman–Crippen LogP) is 4.11. The molecule has 3 heteroatoms. The Balaban J connectivity index is 1.45. The van der Waals surface area contributed by atoms with Gasteiger partial charge in [-0.25, -0.2) is 0 Å². The first-order chi connectivity index (χ1) is 11.7. The van der Waals surface area contributed by atoms with Gasteiger partial charge in [0.15, 0.2) is 0 Å². The summed E-state index contributed by atoms with van der Waals surface area (Å²) < 4.78 is 0. The van der Waals surface area contributed by atoms with Crippen molar-refractivity contribution in [2.75, 3.05) is 26.2 Å². The lowest BCUT2D eigenvalue weighted by molar-refractivity contribution is 0.132. The van der Waals surface area contributed by atoms with Crippen molar-refractivity contribution in [3.8, 4) is 0 Å². The van der Waals surface area contributed by atoms with E-state index in [0.717, 1.165) is 18.4 Å². The monoisotopic (exact) mass is 325 g/mol. The lowest BCUT2D eigenvalue weighted by atomic mass is 10.0. The number of aromatic amines is 1. The van der Waals surface area contributed by atoms with Crippen LogP contribution in [0, 0.1) is 11.8 Å². The Morgan fingerprint density at radius 2 is 2.04 bits per heavy atom. The van der Waals surface area contributed by atoms with Crippen LogP contribution in [0.4, 0.5) is 0 Å². The van der Waals surface area contributed by atoms with Crippen LogP contribution in [0.2, 0.25) is 0 Å². The molecule has 0 amide bonds. The van der Waals surface area contributed by atoms with Gasteiger partial charge in [-0.1, -0.05) is 19.9 Å². The molecule has 2 heterocycles. The summed E-state index contributed by atoms with van der Waals surface area (Å²) in [6, 6.07) is 9.75. The molecule has 4 rings (SSSR count). The van der Waals surface area contributed by atoms with Gasteiger partial charge in [-0.05, 0) is 73.3 Å². The average molecular weight is 326 g/mol. The lowest BCUT2D eigenvalue weighted by Crippen LogP contribution is -2.45. The van der Waals surface area contributed by atoms with Gasteiger partial charge in [0, 0.05) is 37.4 Å². The lowest BCUT2D eigenvalue weighted by Gasteiger charge is -2.34. The van der Waals surface area contributed by atoms with Crippen LogP contribution in [0.15, 0.2) is 30.5 Å². The number of nitrogens with one attached hydrogen (secondary N) is 1. The molecule has 3 nitrogen and oxygen atoms in total. The zero-order chi connectivity index (χ0) is 16.5. The minimum Gasteiger partial charge on any atom is -0.361 e. The second-order valence-electron chi connectivity index (χ2n) is 8.24. The molecular formula is C21H31N3. The van der Waals surface area contributed by atoms with E-state index in [1.54, 1.807) is 0 Å². The molecule has 130 valence electrons. The Hall–Kier alpha value is -1.32. The zero-order valence-corrected chi connectivity index (χ0v) is 15.2. The van der Waals surface area contributed by atoms with Crippen LogP contribution in [0.25, 0.3) is 10.9 Å². The molecule has 1 N–H and O–H groups in total. The van der Waals surface area contributed by atoms with E-state index in [2.05, 4.69) is 52.9 Å². The van der Waals surface area contributed by atoms with Crippen molar-refractivity contribution in [3.05, 3.63) is 36.0 Å². The maximum absolute atomic E-state index is 3.29. The molecule has 2 fully saturated rings. The fourth-order valence-electron chi connectivity index (χ4n) is 4.23. The van der Waals surface area contributed by atoms with E-state index in [9.17, 15) is 0 Å². The summed E-state index contributed by atoms with van der Waals surface area (Å²) in [4.78, 5) is 8.78. The van der Waals surface area contributed by atoms with Gasteiger partial charge in [0.1, 0.15) is 0 Å². The fourth-order valence-corrected chi connectivity index (χ4v) is 4.23. The van der Waals surface area contributed by atoms with E-state index in [1.165, 1.54) is 61.9 Å². The van der Waals surface area contributed by atoms with Crippen molar-refractivity contribution in [2.45, 2.75) is 45.7 Å². The number of hydrogen-bond donors (Lipinski definition) is 1. The Bertz CT molecular complexity index is 671. The maximum Gasteiger partial charge on any atom is 0.0454 e. The molecule has 1 aromatic heterocycles. The van der Waals surface area contributed by atoms with E-state index in [-0.39, 0.29) is 0 Å². The largest absolute Gasteiger partial charge is 0.361 e. The summed E-state index contributed by atoms with van der Waals surface area (Å²) in [5, 5.41) is 1.33. The molecule has 2 aliphatic rings. The van der Waals surface area contributed by atoms with Crippen LogP contribution < -0.4 is 0 Å². The van der Waals surface area contributed by atoms with E-state index in [1.807, 2.05) is 6.20 Å². The molecule has 0 spiro atoms. The van der Waals surface area contributed by atoms with Gasteiger partial charge in [-0.3, -0.25) is 9.80 Å². The second-order valence-corrected chi connectivity index (χ2v) is 8.24. The quantitative estimate of drug-likeness (QED) is 0.894. The van der Waals surface area contributed by atoms with Crippen molar-refractivity contribution in [3.63, 3.8) is 0 Å². The molecule has 1 aliphatic heterocycles. The predicted molar refractivity (Wildman–Crippen MR) is 101 cm³/mol. The van der Waals surface area contributed by atoms with Crippen LogP contribution in [0.1, 0.15) is 38.7 Å². The van der Waals surface area contributed by atoms with Gasteiger partial charge in [0.05, 0.1) is 0 Å². The molecule has 1 saturated heterocycles. The standard InChI is InChI=1S/C21H31N3/c1-16(2)21-15-23(10-3-11-24(21)14-17-4-5-17)13-18-6-7-20-19(12-18)8-9-22-20/h6-9,12,16-17,21-22H,3-5,10-11,13-15H2,1-2H3/t21-/m1/s1. The van der Waals surface area contributed by atoms with Crippen LogP contribution in [-0.2, 0) is 6.54 Å². The van der Waals surface area contributed by atoms with Gasteiger partial charge in [-0.15, -0.1) is 0 Å². The molecule has 1 saturated carbocycles. The SMILES string of the molecule is CC(C)[C@H]1CN(Cc2ccc3[nH]ccc3c2)CCCN1CC1CC1. The highest BCUT2D eigenvalue weighted by atomic mass is 15.2. The fraction of sp³-hybridized carbons (Fsp3) is 0.619. The molecule has 0 unspecified atom stereocenters. The van der Waals surface area contributed by atoms with Crippen LogP contribution in [-0.4, -0.2) is 47.0 Å². The molecule has 2 aromatic rings. The Morgan fingerprint density at radius 1 is 1.17 bits per heavy atom. The molecular weight excluding hydrogens is 294 g/mol. The normalized spacial score (nSPS) is 23.9. The second kappa shape index (κ2) is 6.89. The van der Waals surface area contributed by atoms with Gasteiger partial charge in [-0.2, -0.15) is 0 Å². The first kappa shape index (κ1) is 16.2. The van der Waals surface area contributed by atoms with E-state index in [0.29, 0.717) is 6.04 Å². The van der Waals surface area contributed by atoms with E-state index >= 15 is 0 Å². The smallest absolute Gasteiger partial charge is 0.0454 e. The van der Waals surface area contributed by atoms with Gasteiger partial charge < -0.3 is 4.98 Å². The number of fused-ring (bicyclic) bond motifs is 1. The van der Waals surface area contributed by atoms with Gasteiger partial charge in [0.25, 0.3) is 0 Å². The van der Waals surface area contributed by atoms with Crippen molar-refractivity contribution in [1.82, 2.24) is 14.8 Å². The number of benzene rings is 1. The minimum atomic E-state index is 0.712. The number of H-pyrrole nitrogens is 1. The van der Waals surface area contributed by atoms with E-state index < -0.39 is 0 Å². The first-order valence-electron chi connectivity index (χ1n) is 9.71.